The number of rotatable bonds is 15. The van der Waals surface area contributed by atoms with Crippen LogP contribution in [0.2, 0.25) is 25.2 Å². The summed E-state index contributed by atoms with van der Waals surface area (Å²) in [6.45, 7) is 8.19. The minimum atomic E-state index is -1.96. The Bertz CT molecular complexity index is 285. The van der Waals surface area contributed by atoms with Gasteiger partial charge in [0.25, 0.3) is 0 Å². The maximum Gasteiger partial charge on any atom is 0.334 e. The summed E-state index contributed by atoms with van der Waals surface area (Å²) in [6.07, 6.45) is 1.99. The maximum absolute atomic E-state index is 5.76. The number of hydrogen-bond donors (Lipinski definition) is 0. The smallest absolute Gasteiger partial charge is 0.334 e. The molecule has 0 saturated heterocycles. The lowest BCUT2D eigenvalue weighted by molar-refractivity contribution is -0.00693. The molecule has 0 rings (SSSR count). The van der Waals surface area contributed by atoms with Gasteiger partial charge < -0.3 is 27.2 Å². The van der Waals surface area contributed by atoms with Crippen LogP contribution in [0.4, 0.5) is 0 Å². The van der Waals surface area contributed by atoms with Crippen LogP contribution < -0.4 is 0 Å². The zero-order valence-electron chi connectivity index (χ0n) is 16.0. The fourth-order valence-corrected chi connectivity index (χ4v) is 4.77. The first kappa shape index (κ1) is 23.2. The lowest BCUT2D eigenvalue weighted by atomic mass is 10.4. The molecule has 0 aliphatic rings. The highest BCUT2D eigenvalue weighted by Crippen LogP contribution is 2.15. The molecule has 0 aromatic rings. The van der Waals surface area contributed by atoms with Crippen LogP contribution in [-0.2, 0) is 27.2 Å². The zero-order chi connectivity index (χ0) is 17.8. The summed E-state index contributed by atoms with van der Waals surface area (Å²) in [5.74, 6) is 0. The van der Waals surface area contributed by atoms with E-state index in [0.29, 0.717) is 19.8 Å². The van der Waals surface area contributed by atoms with Crippen molar-refractivity contribution in [3.8, 4) is 0 Å². The third-order valence-corrected chi connectivity index (χ3v) is 10.2. The summed E-state index contributed by atoms with van der Waals surface area (Å²) in [5, 5.41) is 0. The molecule has 0 aromatic carbocycles. The van der Waals surface area contributed by atoms with Gasteiger partial charge in [0.15, 0.2) is 0 Å². The molecule has 0 heterocycles. The van der Waals surface area contributed by atoms with Crippen LogP contribution in [0.3, 0.4) is 0 Å². The van der Waals surface area contributed by atoms with E-state index in [2.05, 4.69) is 13.1 Å². The summed E-state index contributed by atoms with van der Waals surface area (Å²) in [6, 6.07) is 1.87. The molecule has 1 unspecified atom stereocenters. The Balaban J connectivity index is 3.63. The van der Waals surface area contributed by atoms with Crippen molar-refractivity contribution in [2.24, 2.45) is 0 Å². The van der Waals surface area contributed by atoms with E-state index in [1.807, 2.05) is 6.92 Å². The van der Waals surface area contributed by atoms with Crippen molar-refractivity contribution < 1.29 is 27.2 Å². The molecule has 6 nitrogen and oxygen atoms in total. The average molecular weight is 369 g/mol. The molecule has 0 saturated carbocycles. The molecule has 0 aromatic heterocycles. The quantitative estimate of drug-likeness (QED) is 0.327. The van der Waals surface area contributed by atoms with E-state index in [1.165, 1.54) is 0 Å². The standard InChI is InChI=1S/C15H36O6Si2/c1-15(21-11-9-13-23(7,18-4)19-5)14-20-10-8-12-22(6,16-2)17-3/h15H,8-14H2,1-7H3. The Kier molecular flexibility index (Phi) is 12.6. The zero-order valence-corrected chi connectivity index (χ0v) is 18.0. The normalized spacial score (nSPS) is 14.2. The average Bonchev–Trinajstić information content (AvgIpc) is 2.57. The van der Waals surface area contributed by atoms with E-state index in [4.69, 9.17) is 27.2 Å². The van der Waals surface area contributed by atoms with Crippen molar-refractivity contribution >= 4 is 17.1 Å². The fourth-order valence-electron chi connectivity index (χ4n) is 2.05. The maximum atomic E-state index is 5.76. The first-order valence-corrected chi connectivity index (χ1v) is 13.3. The van der Waals surface area contributed by atoms with Gasteiger partial charge in [-0.3, -0.25) is 0 Å². The van der Waals surface area contributed by atoms with Gasteiger partial charge in [-0.1, -0.05) is 0 Å². The van der Waals surface area contributed by atoms with Gasteiger partial charge in [0.2, 0.25) is 0 Å². The van der Waals surface area contributed by atoms with Crippen LogP contribution in [0.25, 0.3) is 0 Å². The van der Waals surface area contributed by atoms with Crippen molar-refractivity contribution in [3.63, 3.8) is 0 Å². The topological polar surface area (TPSA) is 55.4 Å². The van der Waals surface area contributed by atoms with Crippen LogP contribution in [0.1, 0.15) is 19.8 Å². The third kappa shape index (κ3) is 10.6. The number of hydrogen-bond acceptors (Lipinski definition) is 6. The molecule has 1 atom stereocenters. The molecule has 0 spiro atoms. The van der Waals surface area contributed by atoms with Gasteiger partial charge in [-0.2, -0.15) is 0 Å². The van der Waals surface area contributed by atoms with Gasteiger partial charge in [-0.15, -0.1) is 0 Å². The molecular weight excluding hydrogens is 332 g/mol. The van der Waals surface area contributed by atoms with E-state index in [0.717, 1.165) is 24.9 Å². The van der Waals surface area contributed by atoms with Gasteiger partial charge >= 0.3 is 17.1 Å². The van der Waals surface area contributed by atoms with E-state index in [1.54, 1.807) is 28.4 Å². The van der Waals surface area contributed by atoms with Gasteiger partial charge in [-0.05, 0) is 44.9 Å². The molecule has 8 heteroatoms. The molecule has 0 aliphatic carbocycles. The van der Waals surface area contributed by atoms with E-state index < -0.39 is 17.1 Å². The van der Waals surface area contributed by atoms with Gasteiger partial charge in [0.05, 0.1) is 12.7 Å². The summed E-state index contributed by atoms with van der Waals surface area (Å²) in [7, 11) is 2.95. The molecule has 0 aliphatic heterocycles. The summed E-state index contributed by atoms with van der Waals surface area (Å²) >= 11 is 0. The van der Waals surface area contributed by atoms with Crippen molar-refractivity contribution in [1.29, 1.82) is 0 Å². The molecule has 0 bridgehead atoms. The highest BCUT2D eigenvalue weighted by Gasteiger charge is 2.28. The monoisotopic (exact) mass is 368 g/mol. The largest absolute Gasteiger partial charge is 0.398 e. The Labute approximate surface area is 144 Å². The van der Waals surface area contributed by atoms with Crippen LogP contribution in [0.5, 0.6) is 0 Å². The third-order valence-electron chi connectivity index (χ3n) is 4.18. The first-order chi connectivity index (χ1) is 10.8. The minimum Gasteiger partial charge on any atom is -0.398 e. The van der Waals surface area contributed by atoms with Gasteiger partial charge in [0, 0.05) is 41.7 Å². The molecule has 0 amide bonds. The Morgan fingerprint density at radius 1 is 0.739 bits per heavy atom. The second kappa shape index (κ2) is 12.5. The summed E-state index contributed by atoms with van der Waals surface area (Å²) in [5.41, 5.74) is 0. The molecule has 0 fully saturated rings. The Morgan fingerprint density at radius 3 is 1.61 bits per heavy atom. The first-order valence-electron chi connectivity index (χ1n) is 8.24. The predicted octanol–water partition coefficient (Wildman–Crippen LogP) is 2.92. The summed E-state index contributed by atoms with van der Waals surface area (Å²) < 4.78 is 33.2. The molecule has 23 heavy (non-hydrogen) atoms. The Hall–Kier alpha value is 0.194. The predicted molar refractivity (Wildman–Crippen MR) is 96.4 cm³/mol. The van der Waals surface area contributed by atoms with Crippen LogP contribution >= 0.6 is 0 Å². The molecular formula is C15H36O6Si2. The van der Waals surface area contributed by atoms with Gasteiger partial charge in [-0.25, -0.2) is 0 Å². The van der Waals surface area contributed by atoms with E-state index >= 15 is 0 Å². The van der Waals surface area contributed by atoms with E-state index in [-0.39, 0.29) is 6.10 Å². The van der Waals surface area contributed by atoms with Crippen molar-refractivity contribution in [3.05, 3.63) is 0 Å². The molecule has 0 N–H and O–H groups in total. The van der Waals surface area contributed by atoms with Gasteiger partial charge in [0.1, 0.15) is 0 Å². The van der Waals surface area contributed by atoms with Crippen LogP contribution in [0.15, 0.2) is 0 Å². The lowest BCUT2D eigenvalue weighted by Gasteiger charge is -2.23. The van der Waals surface area contributed by atoms with Crippen molar-refractivity contribution in [2.75, 3.05) is 48.3 Å². The van der Waals surface area contributed by atoms with Crippen molar-refractivity contribution in [2.45, 2.75) is 51.1 Å². The van der Waals surface area contributed by atoms with Crippen molar-refractivity contribution in [1.82, 2.24) is 0 Å². The molecule has 140 valence electrons. The number of ether oxygens (including phenoxy) is 2. The highest BCUT2D eigenvalue weighted by atomic mass is 28.4. The van der Waals surface area contributed by atoms with E-state index in [9.17, 15) is 0 Å². The highest BCUT2D eigenvalue weighted by molar-refractivity contribution is 6.66. The second-order valence-electron chi connectivity index (χ2n) is 6.05. The molecule has 0 radical (unpaired) electrons. The lowest BCUT2D eigenvalue weighted by Crippen LogP contribution is -2.36. The second-order valence-corrected chi connectivity index (χ2v) is 13.2. The van der Waals surface area contributed by atoms with Crippen LogP contribution in [0, 0.1) is 0 Å². The SMILES string of the molecule is CO[Si](C)(CCCOCC(C)OCCC[Si](C)(OC)OC)OC. The minimum absolute atomic E-state index is 0.0986. The van der Waals surface area contributed by atoms with Crippen LogP contribution in [-0.4, -0.2) is 71.5 Å². The Morgan fingerprint density at radius 2 is 1.17 bits per heavy atom. The summed E-state index contributed by atoms with van der Waals surface area (Å²) in [4.78, 5) is 0. The fraction of sp³-hybridized carbons (Fsp3) is 1.00.